The highest BCUT2D eigenvalue weighted by Gasteiger charge is 2.31. The second-order valence-electron chi connectivity index (χ2n) is 6.08. The molecule has 2 heterocycles. The molecule has 1 aliphatic rings. The van der Waals surface area contributed by atoms with Crippen LogP contribution in [0.4, 0.5) is 13.2 Å². The predicted molar refractivity (Wildman–Crippen MR) is 84.9 cm³/mol. The van der Waals surface area contributed by atoms with Crippen LogP contribution in [0, 0.1) is 0 Å². The average molecular weight is 355 g/mol. The molecule has 1 aromatic carbocycles. The maximum Gasteiger partial charge on any atom is 0.573 e. The van der Waals surface area contributed by atoms with Crippen LogP contribution in [0.1, 0.15) is 24.2 Å². The Morgan fingerprint density at radius 3 is 2.52 bits per heavy atom. The fourth-order valence-corrected chi connectivity index (χ4v) is 2.94. The van der Waals surface area contributed by atoms with Crippen LogP contribution in [0.5, 0.6) is 5.75 Å². The van der Waals surface area contributed by atoms with Crippen molar-refractivity contribution in [1.29, 1.82) is 0 Å². The molecule has 3 rings (SSSR count). The zero-order valence-electron chi connectivity index (χ0n) is 13.7. The monoisotopic (exact) mass is 355 g/mol. The molecule has 1 aliphatic heterocycles. The van der Waals surface area contributed by atoms with Gasteiger partial charge in [0.1, 0.15) is 11.5 Å². The van der Waals surface area contributed by atoms with E-state index in [1.54, 1.807) is 18.4 Å². The van der Waals surface area contributed by atoms with Crippen LogP contribution in [0.15, 0.2) is 47.1 Å². The van der Waals surface area contributed by atoms with Crippen LogP contribution in [0.25, 0.3) is 0 Å². The summed E-state index contributed by atoms with van der Waals surface area (Å²) in [6.07, 6.45) is -0.784. The number of nitrogens with zero attached hydrogens (tertiary/aromatic N) is 1. The number of furan rings is 1. The lowest BCUT2D eigenvalue weighted by atomic mass is 10.1. The van der Waals surface area contributed by atoms with Crippen LogP contribution < -0.4 is 4.74 Å². The molecule has 0 amide bonds. The van der Waals surface area contributed by atoms with E-state index in [4.69, 9.17) is 9.15 Å². The molecule has 136 valence electrons. The summed E-state index contributed by atoms with van der Waals surface area (Å²) in [6, 6.07) is 9.70. The first-order valence-electron chi connectivity index (χ1n) is 8.19. The van der Waals surface area contributed by atoms with E-state index in [0.29, 0.717) is 13.1 Å². The first-order valence-corrected chi connectivity index (χ1v) is 8.19. The van der Waals surface area contributed by atoms with Gasteiger partial charge in [-0.25, -0.2) is 0 Å². The third kappa shape index (κ3) is 5.79. The zero-order valence-corrected chi connectivity index (χ0v) is 13.7. The van der Waals surface area contributed by atoms with E-state index < -0.39 is 6.36 Å². The Labute approximate surface area is 144 Å². The van der Waals surface area contributed by atoms with Gasteiger partial charge < -0.3 is 13.9 Å². The van der Waals surface area contributed by atoms with Gasteiger partial charge in [-0.05, 0) is 42.7 Å². The molecule has 1 atom stereocenters. The van der Waals surface area contributed by atoms with Crippen LogP contribution in [-0.2, 0) is 17.8 Å². The zero-order chi connectivity index (χ0) is 17.7. The van der Waals surface area contributed by atoms with Crippen molar-refractivity contribution in [2.75, 3.05) is 13.2 Å². The summed E-state index contributed by atoms with van der Waals surface area (Å²) in [5, 5.41) is 0. The minimum atomic E-state index is -4.67. The quantitative estimate of drug-likeness (QED) is 0.739. The lowest BCUT2D eigenvalue weighted by Crippen LogP contribution is -2.31. The van der Waals surface area contributed by atoms with E-state index in [9.17, 15) is 13.2 Å². The van der Waals surface area contributed by atoms with Gasteiger partial charge >= 0.3 is 6.36 Å². The number of alkyl halides is 3. The molecule has 1 aromatic heterocycles. The molecule has 1 fully saturated rings. The van der Waals surface area contributed by atoms with Gasteiger partial charge in [-0.2, -0.15) is 0 Å². The molecule has 0 radical (unpaired) electrons. The predicted octanol–water partition coefficient (Wildman–Crippen LogP) is 4.36. The molecule has 0 N–H and O–H groups in total. The van der Waals surface area contributed by atoms with Crippen molar-refractivity contribution in [2.24, 2.45) is 0 Å². The number of ether oxygens (including phenoxy) is 2. The van der Waals surface area contributed by atoms with Crippen molar-refractivity contribution in [3.05, 3.63) is 54.0 Å². The molecule has 0 bridgehead atoms. The van der Waals surface area contributed by atoms with E-state index in [0.717, 1.165) is 37.3 Å². The van der Waals surface area contributed by atoms with Gasteiger partial charge in [-0.1, -0.05) is 12.1 Å². The van der Waals surface area contributed by atoms with Gasteiger partial charge in [0.05, 0.1) is 18.9 Å². The lowest BCUT2D eigenvalue weighted by Gasteiger charge is -2.24. The van der Waals surface area contributed by atoms with Crippen LogP contribution in [-0.4, -0.2) is 30.5 Å². The largest absolute Gasteiger partial charge is 0.573 e. The molecule has 1 saturated heterocycles. The normalized spacial score (nSPS) is 18.0. The first kappa shape index (κ1) is 17.8. The average Bonchev–Trinajstić information content (AvgIpc) is 3.21. The molecular formula is C18H20F3NO3. The number of hydrogen-bond donors (Lipinski definition) is 0. The summed E-state index contributed by atoms with van der Waals surface area (Å²) >= 11 is 0. The Hall–Kier alpha value is -1.99. The summed E-state index contributed by atoms with van der Waals surface area (Å²) in [5.41, 5.74) is 0.902. The second-order valence-corrected chi connectivity index (χ2v) is 6.08. The van der Waals surface area contributed by atoms with Crippen molar-refractivity contribution in [3.63, 3.8) is 0 Å². The van der Waals surface area contributed by atoms with E-state index in [-0.39, 0.29) is 11.9 Å². The summed E-state index contributed by atoms with van der Waals surface area (Å²) < 4.78 is 51.7. The third-order valence-electron chi connectivity index (χ3n) is 4.01. The van der Waals surface area contributed by atoms with E-state index in [1.165, 1.54) is 12.1 Å². The maximum atomic E-state index is 12.2. The van der Waals surface area contributed by atoms with E-state index >= 15 is 0 Å². The fourth-order valence-electron chi connectivity index (χ4n) is 2.94. The van der Waals surface area contributed by atoms with Crippen LogP contribution >= 0.6 is 0 Å². The summed E-state index contributed by atoms with van der Waals surface area (Å²) in [6.45, 7) is 2.74. The van der Waals surface area contributed by atoms with E-state index in [1.807, 2.05) is 12.1 Å². The molecule has 0 saturated carbocycles. The van der Waals surface area contributed by atoms with Gasteiger partial charge in [-0.3, -0.25) is 4.90 Å². The van der Waals surface area contributed by atoms with Gasteiger partial charge in [0, 0.05) is 19.7 Å². The van der Waals surface area contributed by atoms with Crippen molar-refractivity contribution in [3.8, 4) is 5.75 Å². The minimum Gasteiger partial charge on any atom is -0.468 e. The Bertz CT molecular complexity index is 635. The topological polar surface area (TPSA) is 34.8 Å². The molecular weight excluding hydrogens is 335 g/mol. The fraction of sp³-hybridized carbons (Fsp3) is 0.444. The van der Waals surface area contributed by atoms with Crippen molar-refractivity contribution < 1.29 is 27.1 Å². The first-order chi connectivity index (χ1) is 12.0. The number of rotatable bonds is 7. The summed E-state index contributed by atoms with van der Waals surface area (Å²) in [7, 11) is 0. The summed E-state index contributed by atoms with van der Waals surface area (Å²) in [4.78, 5) is 2.18. The molecule has 2 aromatic rings. The highest BCUT2D eigenvalue weighted by Crippen LogP contribution is 2.24. The number of benzene rings is 1. The second kappa shape index (κ2) is 7.93. The SMILES string of the molecule is FC(F)(F)Oc1ccc(CN(Cc2ccco2)CC2CCCO2)cc1. The Morgan fingerprint density at radius 2 is 1.92 bits per heavy atom. The van der Waals surface area contributed by atoms with Crippen molar-refractivity contribution >= 4 is 0 Å². The standard InChI is InChI=1S/C18H20F3NO3/c19-18(20,21)25-15-7-5-14(6-8-15)11-22(12-16-3-1-9-23-16)13-17-4-2-10-24-17/h1,3,5-9,17H,2,4,10-13H2. The molecule has 4 nitrogen and oxygen atoms in total. The minimum absolute atomic E-state index is 0.183. The Kier molecular flexibility index (Phi) is 5.65. The Morgan fingerprint density at radius 1 is 1.12 bits per heavy atom. The number of halogens is 3. The van der Waals surface area contributed by atoms with Gasteiger partial charge in [0.15, 0.2) is 0 Å². The van der Waals surface area contributed by atoms with Crippen molar-refractivity contribution in [2.45, 2.75) is 38.4 Å². The molecule has 0 aliphatic carbocycles. The molecule has 1 unspecified atom stereocenters. The molecule has 0 spiro atoms. The van der Waals surface area contributed by atoms with Gasteiger partial charge in [0.2, 0.25) is 0 Å². The van der Waals surface area contributed by atoms with Crippen LogP contribution in [0.3, 0.4) is 0 Å². The van der Waals surface area contributed by atoms with E-state index in [2.05, 4.69) is 9.64 Å². The van der Waals surface area contributed by atoms with Gasteiger partial charge in [-0.15, -0.1) is 13.2 Å². The lowest BCUT2D eigenvalue weighted by molar-refractivity contribution is -0.274. The Balaban J connectivity index is 1.63. The van der Waals surface area contributed by atoms with Crippen molar-refractivity contribution in [1.82, 2.24) is 4.90 Å². The molecule has 7 heteroatoms. The summed E-state index contributed by atoms with van der Waals surface area (Å²) in [5.74, 6) is 0.628. The van der Waals surface area contributed by atoms with Gasteiger partial charge in [0.25, 0.3) is 0 Å². The highest BCUT2D eigenvalue weighted by atomic mass is 19.4. The smallest absolute Gasteiger partial charge is 0.468 e. The van der Waals surface area contributed by atoms with Crippen LogP contribution in [0.2, 0.25) is 0 Å². The number of hydrogen-bond acceptors (Lipinski definition) is 4. The highest BCUT2D eigenvalue weighted by molar-refractivity contribution is 5.27. The third-order valence-corrected chi connectivity index (χ3v) is 4.01. The maximum absolute atomic E-state index is 12.2. The molecule has 25 heavy (non-hydrogen) atoms.